The fourth-order valence-electron chi connectivity index (χ4n) is 3.22. The van der Waals surface area contributed by atoms with E-state index in [0.29, 0.717) is 23.7 Å². The van der Waals surface area contributed by atoms with Gasteiger partial charge in [0.2, 0.25) is 5.91 Å². The quantitative estimate of drug-likeness (QED) is 0.772. The van der Waals surface area contributed by atoms with Gasteiger partial charge in [-0.25, -0.2) is 13.1 Å². The van der Waals surface area contributed by atoms with Crippen molar-refractivity contribution in [2.24, 2.45) is 0 Å². The number of hydrogen-bond donors (Lipinski definition) is 1. The van der Waals surface area contributed by atoms with Gasteiger partial charge in [0, 0.05) is 11.6 Å². The highest BCUT2D eigenvalue weighted by atomic mass is 35.5. The van der Waals surface area contributed by atoms with Crippen LogP contribution >= 0.6 is 11.6 Å². The first-order valence-corrected chi connectivity index (χ1v) is 10.8. The summed E-state index contributed by atoms with van der Waals surface area (Å²) in [4.78, 5) is 12.2. The van der Waals surface area contributed by atoms with Crippen LogP contribution in [-0.2, 0) is 21.2 Å². The molecule has 1 aliphatic rings. The van der Waals surface area contributed by atoms with E-state index in [1.807, 2.05) is 37.3 Å². The summed E-state index contributed by atoms with van der Waals surface area (Å²) in [6, 6.07) is 9.84. The number of halogens is 1. The molecule has 8 heteroatoms. The lowest BCUT2D eigenvalue weighted by molar-refractivity contribution is -0.117. The molecule has 27 heavy (non-hydrogen) atoms. The van der Waals surface area contributed by atoms with Crippen molar-refractivity contribution in [2.75, 3.05) is 11.5 Å². The fraction of sp³-hybridized carbons (Fsp3) is 0.368. The number of aromatic nitrogens is 2. The highest BCUT2D eigenvalue weighted by Gasteiger charge is 2.39. The molecule has 0 saturated carbocycles. The summed E-state index contributed by atoms with van der Waals surface area (Å²) in [5.74, 6) is -0.278. The number of amides is 1. The van der Waals surface area contributed by atoms with Gasteiger partial charge in [-0.15, -0.1) is 0 Å². The van der Waals surface area contributed by atoms with Gasteiger partial charge in [-0.05, 0) is 31.9 Å². The summed E-state index contributed by atoms with van der Waals surface area (Å²) in [6.45, 7) is 4.12. The first-order chi connectivity index (χ1) is 12.7. The molecule has 1 aromatic carbocycles. The molecule has 1 aromatic heterocycles. The predicted octanol–water partition coefficient (Wildman–Crippen LogP) is 2.60. The minimum atomic E-state index is -3.08. The van der Waals surface area contributed by atoms with Gasteiger partial charge in [0.25, 0.3) is 0 Å². The number of nitrogens with zero attached hydrogens (tertiary/aromatic N) is 2. The summed E-state index contributed by atoms with van der Waals surface area (Å²) in [6.07, 6.45) is 3.41. The Morgan fingerprint density at radius 2 is 2.07 bits per heavy atom. The van der Waals surface area contributed by atoms with Crippen LogP contribution < -0.4 is 5.32 Å². The second-order valence-corrected chi connectivity index (χ2v) is 9.70. The lowest BCUT2D eigenvalue weighted by Crippen LogP contribution is -2.46. The number of rotatable bonds is 5. The maximum atomic E-state index is 12.2. The normalized spacial score (nSPS) is 21.6. The van der Waals surface area contributed by atoms with Gasteiger partial charge in [0.15, 0.2) is 9.84 Å². The predicted molar refractivity (Wildman–Crippen MR) is 106 cm³/mol. The Balaban J connectivity index is 1.71. The zero-order chi connectivity index (χ0) is 19.7. The Kier molecular flexibility index (Phi) is 5.44. The maximum absolute atomic E-state index is 12.2. The third-order valence-corrected chi connectivity index (χ3v) is 6.92. The average molecular weight is 408 g/mol. The SMILES string of the molecule is Cc1nn(Cc2ccccc2)c(Cl)c1C=CC(=O)NC1(C)CCS(=O)(=O)C1. The van der Waals surface area contributed by atoms with Crippen molar-refractivity contribution in [3.63, 3.8) is 0 Å². The molecule has 1 unspecified atom stereocenters. The molecule has 1 N–H and O–H groups in total. The van der Waals surface area contributed by atoms with Crippen LogP contribution in [0.5, 0.6) is 0 Å². The van der Waals surface area contributed by atoms with Crippen molar-refractivity contribution in [3.8, 4) is 0 Å². The average Bonchev–Trinajstić information content (AvgIpc) is 3.01. The molecule has 0 radical (unpaired) electrons. The number of aryl methyl sites for hydroxylation is 1. The number of hydrogen-bond acceptors (Lipinski definition) is 4. The van der Waals surface area contributed by atoms with Crippen LogP contribution in [0, 0.1) is 6.92 Å². The Labute approximate surface area is 164 Å². The van der Waals surface area contributed by atoms with Gasteiger partial charge in [-0.1, -0.05) is 41.9 Å². The van der Waals surface area contributed by atoms with Crippen LogP contribution in [0.1, 0.15) is 30.2 Å². The molecule has 0 spiro atoms. The standard InChI is InChI=1S/C19H22ClN3O3S/c1-14-16(18(20)23(22-14)12-15-6-4-3-5-7-15)8-9-17(24)21-19(2)10-11-27(25,26)13-19/h3-9H,10-13H2,1-2H3,(H,21,24). The van der Waals surface area contributed by atoms with E-state index in [9.17, 15) is 13.2 Å². The molecular weight excluding hydrogens is 386 g/mol. The summed E-state index contributed by atoms with van der Waals surface area (Å²) in [5, 5.41) is 7.69. The van der Waals surface area contributed by atoms with Crippen molar-refractivity contribution in [2.45, 2.75) is 32.4 Å². The third-order valence-electron chi connectivity index (χ3n) is 4.61. The molecule has 0 bridgehead atoms. The Hall–Kier alpha value is -2.12. The van der Waals surface area contributed by atoms with Crippen LogP contribution in [0.15, 0.2) is 36.4 Å². The fourth-order valence-corrected chi connectivity index (χ4v) is 5.62. The Morgan fingerprint density at radius 3 is 2.70 bits per heavy atom. The molecule has 1 aliphatic heterocycles. The van der Waals surface area contributed by atoms with E-state index >= 15 is 0 Å². The largest absolute Gasteiger partial charge is 0.346 e. The molecule has 1 amide bonds. The van der Waals surface area contributed by atoms with Gasteiger partial charge in [0.1, 0.15) is 5.15 Å². The molecule has 0 aliphatic carbocycles. The van der Waals surface area contributed by atoms with E-state index < -0.39 is 15.4 Å². The van der Waals surface area contributed by atoms with Gasteiger partial charge < -0.3 is 5.32 Å². The summed E-state index contributed by atoms with van der Waals surface area (Å²) in [5.41, 5.74) is 1.74. The van der Waals surface area contributed by atoms with Gasteiger partial charge in [-0.2, -0.15) is 5.10 Å². The molecule has 2 heterocycles. The molecule has 1 fully saturated rings. The second kappa shape index (κ2) is 7.48. The molecule has 144 valence electrons. The zero-order valence-electron chi connectivity index (χ0n) is 15.3. The van der Waals surface area contributed by atoms with E-state index in [4.69, 9.17) is 11.6 Å². The molecule has 1 saturated heterocycles. The van der Waals surface area contributed by atoms with E-state index in [2.05, 4.69) is 10.4 Å². The first kappa shape index (κ1) is 19.6. The topological polar surface area (TPSA) is 81.1 Å². The van der Waals surface area contributed by atoms with E-state index in [1.165, 1.54) is 6.08 Å². The van der Waals surface area contributed by atoms with Crippen LogP contribution in [0.25, 0.3) is 6.08 Å². The van der Waals surface area contributed by atoms with Crippen LogP contribution in [0.2, 0.25) is 5.15 Å². The van der Waals surface area contributed by atoms with Crippen LogP contribution in [0.3, 0.4) is 0 Å². The Bertz CT molecular complexity index is 983. The number of nitrogens with one attached hydrogen (secondary N) is 1. The smallest absolute Gasteiger partial charge is 0.244 e. The maximum Gasteiger partial charge on any atom is 0.244 e. The zero-order valence-corrected chi connectivity index (χ0v) is 16.8. The minimum absolute atomic E-state index is 0.0334. The summed E-state index contributed by atoms with van der Waals surface area (Å²) < 4.78 is 25.0. The third kappa shape index (κ3) is 4.78. The van der Waals surface area contributed by atoms with Gasteiger partial charge >= 0.3 is 0 Å². The lowest BCUT2D eigenvalue weighted by Gasteiger charge is -2.22. The van der Waals surface area contributed by atoms with Crippen molar-refractivity contribution < 1.29 is 13.2 Å². The highest BCUT2D eigenvalue weighted by Crippen LogP contribution is 2.24. The number of sulfone groups is 1. The molecule has 1 atom stereocenters. The van der Waals surface area contributed by atoms with Gasteiger partial charge in [-0.3, -0.25) is 4.79 Å². The van der Waals surface area contributed by atoms with E-state index in [0.717, 1.165) is 11.3 Å². The van der Waals surface area contributed by atoms with E-state index in [-0.39, 0.29) is 17.4 Å². The molecular formula is C19H22ClN3O3S. The number of carbonyl (C=O) groups excluding carboxylic acids is 1. The second-order valence-electron chi connectivity index (χ2n) is 7.16. The number of carbonyl (C=O) groups is 1. The van der Waals surface area contributed by atoms with Gasteiger partial charge in [0.05, 0.1) is 29.3 Å². The first-order valence-electron chi connectivity index (χ1n) is 8.65. The van der Waals surface area contributed by atoms with Crippen LogP contribution in [0.4, 0.5) is 0 Å². The monoisotopic (exact) mass is 407 g/mol. The minimum Gasteiger partial charge on any atom is -0.346 e. The molecule has 6 nitrogen and oxygen atoms in total. The van der Waals surface area contributed by atoms with Crippen molar-refractivity contribution in [1.82, 2.24) is 15.1 Å². The summed E-state index contributed by atoms with van der Waals surface area (Å²) in [7, 11) is -3.08. The van der Waals surface area contributed by atoms with Crippen molar-refractivity contribution in [1.29, 1.82) is 0 Å². The molecule has 2 aromatic rings. The lowest BCUT2D eigenvalue weighted by atomic mass is 10.0. The van der Waals surface area contributed by atoms with E-state index in [1.54, 1.807) is 17.7 Å². The van der Waals surface area contributed by atoms with Crippen molar-refractivity contribution in [3.05, 3.63) is 58.4 Å². The van der Waals surface area contributed by atoms with Crippen LogP contribution in [-0.4, -0.2) is 41.2 Å². The Morgan fingerprint density at radius 1 is 1.37 bits per heavy atom. The summed E-state index contributed by atoms with van der Waals surface area (Å²) >= 11 is 6.44. The highest BCUT2D eigenvalue weighted by molar-refractivity contribution is 7.91. The van der Waals surface area contributed by atoms with Crippen molar-refractivity contribution >= 4 is 33.4 Å². The number of benzene rings is 1. The molecule has 3 rings (SSSR count).